The highest BCUT2D eigenvalue weighted by atomic mass is 16.3. The van der Waals surface area contributed by atoms with Crippen LogP contribution in [0.3, 0.4) is 0 Å². The lowest BCUT2D eigenvalue weighted by molar-refractivity contribution is 0.232. The Morgan fingerprint density at radius 1 is 1.80 bits per heavy atom. The predicted molar refractivity (Wildman–Crippen MR) is 55.1 cm³/mol. The lowest BCUT2D eigenvalue weighted by Gasteiger charge is -2.34. The Labute approximate surface area is 87.8 Å². The van der Waals surface area contributed by atoms with Crippen molar-refractivity contribution in [3.05, 3.63) is 17.5 Å². The second kappa shape index (κ2) is 3.54. The molecule has 0 saturated carbocycles. The molecular weight excluding hydrogens is 194 g/mol. The SMILES string of the molecule is C[C@@H]1Cn2nc(CO)cc2CN1C(=N)N. The Bertz CT molecular complexity index is 386. The van der Waals surface area contributed by atoms with Crippen LogP contribution in [-0.4, -0.2) is 31.8 Å². The van der Waals surface area contributed by atoms with Gasteiger partial charge < -0.3 is 15.7 Å². The van der Waals surface area contributed by atoms with Crippen molar-refractivity contribution in [3.63, 3.8) is 0 Å². The Morgan fingerprint density at radius 2 is 2.53 bits per heavy atom. The van der Waals surface area contributed by atoms with E-state index in [-0.39, 0.29) is 18.6 Å². The maximum Gasteiger partial charge on any atom is 0.189 e. The van der Waals surface area contributed by atoms with Crippen molar-refractivity contribution < 1.29 is 5.11 Å². The van der Waals surface area contributed by atoms with E-state index in [4.69, 9.17) is 16.2 Å². The minimum Gasteiger partial charge on any atom is -0.390 e. The normalized spacial score (nSPS) is 20.1. The Hall–Kier alpha value is -1.56. The molecule has 2 heterocycles. The number of nitrogens with two attached hydrogens (primary N) is 1. The van der Waals surface area contributed by atoms with E-state index in [2.05, 4.69) is 5.10 Å². The van der Waals surface area contributed by atoms with Crippen molar-refractivity contribution in [2.24, 2.45) is 5.73 Å². The molecule has 0 aliphatic carbocycles. The van der Waals surface area contributed by atoms with E-state index >= 15 is 0 Å². The number of aliphatic hydroxyl groups is 1. The van der Waals surface area contributed by atoms with Crippen LogP contribution in [0.1, 0.15) is 18.3 Å². The summed E-state index contributed by atoms with van der Waals surface area (Å²) in [5.41, 5.74) is 7.15. The van der Waals surface area contributed by atoms with Crippen molar-refractivity contribution in [2.45, 2.75) is 32.7 Å². The molecule has 0 saturated heterocycles. The largest absolute Gasteiger partial charge is 0.390 e. The van der Waals surface area contributed by atoms with Crippen molar-refractivity contribution in [2.75, 3.05) is 0 Å². The highest BCUT2D eigenvalue weighted by Crippen LogP contribution is 2.17. The van der Waals surface area contributed by atoms with Gasteiger partial charge in [0.05, 0.1) is 31.1 Å². The molecule has 1 aromatic heterocycles. The summed E-state index contributed by atoms with van der Waals surface area (Å²) in [6.07, 6.45) is 0. The van der Waals surface area contributed by atoms with Crippen molar-refractivity contribution >= 4 is 5.96 Å². The van der Waals surface area contributed by atoms with Crippen LogP contribution in [-0.2, 0) is 19.7 Å². The molecule has 82 valence electrons. The smallest absolute Gasteiger partial charge is 0.189 e. The van der Waals surface area contributed by atoms with Gasteiger partial charge in [0.15, 0.2) is 5.96 Å². The van der Waals surface area contributed by atoms with E-state index < -0.39 is 0 Å². The molecule has 0 spiro atoms. The second-order valence-electron chi connectivity index (χ2n) is 3.83. The molecule has 15 heavy (non-hydrogen) atoms. The molecule has 0 fully saturated rings. The molecule has 1 aliphatic heterocycles. The number of nitrogens with zero attached hydrogens (tertiary/aromatic N) is 3. The van der Waals surface area contributed by atoms with Crippen molar-refractivity contribution in [3.8, 4) is 0 Å². The van der Waals surface area contributed by atoms with E-state index in [1.54, 1.807) is 0 Å². The number of nitrogens with one attached hydrogen (secondary N) is 1. The first-order chi connectivity index (χ1) is 7.11. The fraction of sp³-hybridized carbons (Fsp3) is 0.556. The zero-order valence-corrected chi connectivity index (χ0v) is 8.64. The second-order valence-corrected chi connectivity index (χ2v) is 3.83. The van der Waals surface area contributed by atoms with Crippen molar-refractivity contribution in [1.82, 2.24) is 14.7 Å². The summed E-state index contributed by atoms with van der Waals surface area (Å²) in [5, 5.41) is 20.7. The van der Waals surface area contributed by atoms with Gasteiger partial charge in [-0.15, -0.1) is 0 Å². The number of aromatic nitrogens is 2. The summed E-state index contributed by atoms with van der Waals surface area (Å²) in [6.45, 7) is 3.25. The Balaban J connectivity index is 2.28. The Morgan fingerprint density at radius 3 is 3.13 bits per heavy atom. The molecule has 1 atom stereocenters. The minimum absolute atomic E-state index is 0.0472. The van der Waals surface area contributed by atoms with Crippen LogP contribution in [0.15, 0.2) is 6.07 Å². The molecule has 6 nitrogen and oxygen atoms in total. The number of hydrogen-bond donors (Lipinski definition) is 3. The first-order valence-corrected chi connectivity index (χ1v) is 4.89. The average Bonchev–Trinajstić information content (AvgIpc) is 2.58. The van der Waals surface area contributed by atoms with E-state index in [1.807, 2.05) is 22.6 Å². The van der Waals surface area contributed by atoms with Gasteiger partial charge in [0, 0.05) is 6.04 Å². The maximum atomic E-state index is 8.97. The maximum absolute atomic E-state index is 8.97. The van der Waals surface area contributed by atoms with Gasteiger partial charge in [-0.3, -0.25) is 10.1 Å². The summed E-state index contributed by atoms with van der Waals surface area (Å²) in [6, 6.07) is 2.02. The topological polar surface area (TPSA) is 91.2 Å². The monoisotopic (exact) mass is 209 g/mol. The number of hydrogen-bond acceptors (Lipinski definition) is 3. The summed E-state index contributed by atoms with van der Waals surface area (Å²) >= 11 is 0. The van der Waals surface area contributed by atoms with Gasteiger partial charge in [-0.1, -0.05) is 0 Å². The van der Waals surface area contributed by atoms with Gasteiger partial charge in [-0.25, -0.2) is 0 Å². The van der Waals surface area contributed by atoms with Gasteiger partial charge in [0.2, 0.25) is 0 Å². The molecule has 0 bridgehead atoms. The van der Waals surface area contributed by atoms with Gasteiger partial charge in [0.1, 0.15) is 0 Å². The number of aliphatic hydroxyl groups excluding tert-OH is 1. The van der Waals surface area contributed by atoms with E-state index in [1.165, 1.54) is 0 Å². The zero-order chi connectivity index (χ0) is 11.0. The molecule has 0 unspecified atom stereocenters. The molecule has 0 amide bonds. The first-order valence-electron chi connectivity index (χ1n) is 4.89. The van der Waals surface area contributed by atoms with Gasteiger partial charge in [-0.05, 0) is 13.0 Å². The molecular formula is C9H15N5O. The molecule has 1 aromatic rings. The third-order valence-electron chi connectivity index (χ3n) is 2.69. The highest BCUT2D eigenvalue weighted by Gasteiger charge is 2.24. The first kappa shape index (κ1) is 9.97. The molecule has 2 rings (SSSR count). The molecule has 4 N–H and O–H groups in total. The average molecular weight is 209 g/mol. The number of fused-ring (bicyclic) bond motifs is 1. The van der Waals surface area contributed by atoms with Gasteiger partial charge >= 0.3 is 0 Å². The van der Waals surface area contributed by atoms with Crippen LogP contribution in [0.4, 0.5) is 0 Å². The van der Waals surface area contributed by atoms with Crippen molar-refractivity contribution in [1.29, 1.82) is 5.41 Å². The van der Waals surface area contributed by atoms with Crippen LogP contribution in [0, 0.1) is 5.41 Å². The lowest BCUT2D eigenvalue weighted by Crippen LogP contribution is -2.47. The Kier molecular flexibility index (Phi) is 2.36. The number of guanidine groups is 1. The summed E-state index contributed by atoms with van der Waals surface area (Å²) < 4.78 is 1.87. The predicted octanol–water partition coefficient (Wildman–Crippen LogP) is -0.527. The molecule has 0 aromatic carbocycles. The lowest BCUT2D eigenvalue weighted by atomic mass is 10.2. The van der Waals surface area contributed by atoms with Crippen LogP contribution >= 0.6 is 0 Å². The van der Waals surface area contributed by atoms with E-state index in [9.17, 15) is 0 Å². The van der Waals surface area contributed by atoms with E-state index in [0.717, 1.165) is 5.69 Å². The number of rotatable bonds is 1. The van der Waals surface area contributed by atoms with Crippen LogP contribution in [0.5, 0.6) is 0 Å². The van der Waals surface area contributed by atoms with E-state index in [0.29, 0.717) is 18.8 Å². The zero-order valence-electron chi connectivity index (χ0n) is 8.64. The van der Waals surface area contributed by atoms with Gasteiger partial charge in [0.25, 0.3) is 0 Å². The van der Waals surface area contributed by atoms with Crippen LogP contribution in [0.25, 0.3) is 0 Å². The summed E-state index contributed by atoms with van der Waals surface area (Å²) in [7, 11) is 0. The third-order valence-corrected chi connectivity index (χ3v) is 2.69. The van der Waals surface area contributed by atoms with Crippen LogP contribution in [0.2, 0.25) is 0 Å². The summed E-state index contributed by atoms with van der Waals surface area (Å²) in [5.74, 6) is 0.0838. The minimum atomic E-state index is -0.0472. The molecule has 1 aliphatic rings. The fourth-order valence-corrected chi connectivity index (χ4v) is 1.88. The summed E-state index contributed by atoms with van der Waals surface area (Å²) in [4.78, 5) is 1.82. The standard InChI is InChI=1S/C9H15N5O/c1-6-3-14-8(2-7(5-15)12-14)4-13(6)9(10)11/h2,6,15H,3-5H2,1H3,(H3,10,11)/t6-/m1/s1. The molecule has 6 heteroatoms. The molecule has 0 radical (unpaired) electrons. The highest BCUT2D eigenvalue weighted by molar-refractivity contribution is 5.75. The quantitative estimate of drug-likeness (QED) is 0.428. The third kappa shape index (κ3) is 1.68. The van der Waals surface area contributed by atoms with Crippen LogP contribution < -0.4 is 5.73 Å². The fourth-order valence-electron chi connectivity index (χ4n) is 1.88. The van der Waals surface area contributed by atoms with Gasteiger partial charge in [-0.2, -0.15) is 5.10 Å².